The molecule has 0 bridgehead atoms. The predicted molar refractivity (Wildman–Crippen MR) is 80.0 cm³/mol. The van der Waals surface area contributed by atoms with Gasteiger partial charge in [0.25, 0.3) is 0 Å². The first-order valence-electron chi connectivity index (χ1n) is 7.05. The standard InChI is InChI=1S/C15H20OS2/c16-13(9-11-5-7-17-8-6-11)15-10-12-3-1-2-4-14(12)18-15/h10-11H,1-9H2. The first-order chi connectivity index (χ1) is 8.83. The lowest BCUT2D eigenvalue weighted by atomic mass is 9.95. The maximum atomic E-state index is 12.3. The van der Waals surface area contributed by atoms with Crippen molar-refractivity contribution in [3.05, 3.63) is 21.4 Å². The zero-order valence-electron chi connectivity index (χ0n) is 10.7. The quantitative estimate of drug-likeness (QED) is 0.766. The number of carbonyl (C=O) groups is 1. The molecule has 1 nitrogen and oxygen atoms in total. The summed E-state index contributed by atoms with van der Waals surface area (Å²) in [6.45, 7) is 0. The summed E-state index contributed by atoms with van der Waals surface area (Å²) in [5.74, 6) is 3.56. The van der Waals surface area contributed by atoms with Crippen LogP contribution in [0.4, 0.5) is 0 Å². The second-order valence-electron chi connectivity index (χ2n) is 5.45. The second-order valence-corrected chi connectivity index (χ2v) is 7.81. The van der Waals surface area contributed by atoms with E-state index in [2.05, 4.69) is 6.07 Å². The minimum atomic E-state index is 0.409. The normalized spacial score (nSPS) is 20.7. The Morgan fingerprint density at radius 2 is 2.00 bits per heavy atom. The van der Waals surface area contributed by atoms with Crippen LogP contribution in [0.5, 0.6) is 0 Å². The van der Waals surface area contributed by atoms with Gasteiger partial charge in [-0.1, -0.05) is 0 Å². The molecule has 1 saturated heterocycles. The molecule has 18 heavy (non-hydrogen) atoms. The Labute approximate surface area is 117 Å². The summed E-state index contributed by atoms with van der Waals surface area (Å²) in [7, 11) is 0. The van der Waals surface area contributed by atoms with Gasteiger partial charge in [0, 0.05) is 11.3 Å². The Hall–Kier alpha value is -0.280. The molecule has 0 aromatic carbocycles. The zero-order valence-corrected chi connectivity index (χ0v) is 12.4. The van der Waals surface area contributed by atoms with Gasteiger partial charge in [0.15, 0.2) is 5.78 Å². The van der Waals surface area contributed by atoms with Crippen LogP contribution < -0.4 is 0 Å². The fraction of sp³-hybridized carbons (Fsp3) is 0.667. The van der Waals surface area contributed by atoms with Crippen LogP contribution in [0.15, 0.2) is 6.07 Å². The van der Waals surface area contributed by atoms with Gasteiger partial charge in [-0.15, -0.1) is 11.3 Å². The van der Waals surface area contributed by atoms with Gasteiger partial charge < -0.3 is 0 Å². The number of ketones is 1. The number of aryl methyl sites for hydroxylation is 2. The van der Waals surface area contributed by atoms with Crippen LogP contribution in [0.3, 0.4) is 0 Å². The van der Waals surface area contributed by atoms with E-state index in [0.717, 1.165) is 11.3 Å². The Balaban J connectivity index is 1.66. The van der Waals surface area contributed by atoms with Crippen molar-refractivity contribution in [2.45, 2.75) is 44.9 Å². The van der Waals surface area contributed by atoms with E-state index in [1.165, 1.54) is 60.5 Å². The molecule has 2 heterocycles. The maximum Gasteiger partial charge on any atom is 0.173 e. The number of Topliss-reactive ketones (excluding diaryl/α,β-unsaturated/α-hetero) is 1. The molecular weight excluding hydrogens is 260 g/mol. The van der Waals surface area contributed by atoms with Crippen molar-refractivity contribution < 1.29 is 4.79 Å². The average Bonchev–Trinajstić information content (AvgIpc) is 2.84. The molecule has 0 radical (unpaired) electrons. The highest BCUT2D eigenvalue weighted by Gasteiger charge is 2.21. The highest BCUT2D eigenvalue weighted by atomic mass is 32.2. The Morgan fingerprint density at radius 3 is 2.78 bits per heavy atom. The van der Waals surface area contributed by atoms with Crippen molar-refractivity contribution in [1.29, 1.82) is 0 Å². The van der Waals surface area contributed by atoms with Gasteiger partial charge in [-0.05, 0) is 67.6 Å². The largest absolute Gasteiger partial charge is 0.293 e. The highest BCUT2D eigenvalue weighted by Crippen LogP contribution is 2.32. The van der Waals surface area contributed by atoms with Crippen LogP contribution in [-0.2, 0) is 12.8 Å². The van der Waals surface area contributed by atoms with Crippen LogP contribution in [0.25, 0.3) is 0 Å². The first-order valence-corrected chi connectivity index (χ1v) is 9.02. The van der Waals surface area contributed by atoms with E-state index in [1.807, 2.05) is 11.8 Å². The maximum absolute atomic E-state index is 12.3. The molecule has 0 saturated carbocycles. The van der Waals surface area contributed by atoms with Crippen molar-refractivity contribution in [1.82, 2.24) is 0 Å². The third-order valence-electron chi connectivity index (χ3n) is 4.09. The Morgan fingerprint density at radius 1 is 1.22 bits per heavy atom. The minimum absolute atomic E-state index is 0.409. The van der Waals surface area contributed by atoms with E-state index in [-0.39, 0.29) is 0 Å². The van der Waals surface area contributed by atoms with E-state index < -0.39 is 0 Å². The third kappa shape index (κ3) is 2.83. The molecule has 1 aromatic rings. The lowest BCUT2D eigenvalue weighted by Gasteiger charge is -2.19. The lowest BCUT2D eigenvalue weighted by Crippen LogP contribution is -2.13. The van der Waals surface area contributed by atoms with E-state index in [0.29, 0.717) is 11.7 Å². The van der Waals surface area contributed by atoms with Crippen molar-refractivity contribution in [3.8, 4) is 0 Å². The molecule has 0 atom stereocenters. The number of carbonyl (C=O) groups excluding carboxylic acids is 1. The third-order valence-corrected chi connectivity index (χ3v) is 6.41. The van der Waals surface area contributed by atoms with Gasteiger partial charge in [0.2, 0.25) is 0 Å². The Bertz CT molecular complexity index is 406. The summed E-state index contributed by atoms with van der Waals surface area (Å²) in [4.78, 5) is 14.9. The molecule has 1 aromatic heterocycles. The van der Waals surface area contributed by atoms with Gasteiger partial charge in [-0.2, -0.15) is 11.8 Å². The molecule has 0 N–H and O–H groups in total. The summed E-state index contributed by atoms with van der Waals surface area (Å²) >= 11 is 3.81. The smallest absolute Gasteiger partial charge is 0.173 e. The van der Waals surface area contributed by atoms with Crippen LogP contribution in [0, 0.1) is 5.92 Å². The van der Waals surface area contributed by atoms with Crippen molar-refractivity contribution in [2.24, 2.45) is 5.92 Å². The van der Waals surface area contributed by atoms with E-state index >= 15 is 0 Å². The van der Waals surface area contributed by atoms with Crippen LogP contribution >= 0.6 is 23.1 Å². The van der Waals surface area contributed by atoms with Gasteiger partial charge in [0.1, 0.15) is 0 Å². The SMILES string of the molecule is O=C(CC1CCSCC1)c1cc2c(s1)CCCC2. The topological polar surface area (TPSA) is 17.1 Å². The molecule has 1 aliphatic carbocycles. The summed E-state index contributed by atoms with van der Waals surface area (Å²) in [5, 5.41) is 0. The van der Waals surface area contributed by atoms with Crippen LogP contribution in [0.2, 0.25) is 0 Å². The number of thiophene rings is 1. The molecule has 0 amide bonds. The van der Waals surface area contributed by atoms with Crippen molar-refractivity contribution >= 4 is 28.9 Å². The summed E-state index contributed by atoms with van der Waals surface area (Å²) in [6.07, 6.45) is 8.27. The lowest BCUT2D eigenvalue weighted by molar-refractivity contribution is 0.0962. The summed E-state index contributed by atoms with van der Waals surface area (Å²) in [5.41, 5.74) is 1.47. The van der Waals surface area contributed by atoms with Crippen LogP contribution in [-0.4, -0.2) is 17.3 Å². The average molecular weight is 280 g/mol. The van der Waals surface area contributed by atoms with Gasteiger partial charge in [0.05, 0.1) is 4.88 Å². The fourth-order valence-electron chi connectivity index (χ4n) is 2.94. The molecule has 1 fully saturated rings. The molecular formula is C15H20OS2. The number of thioether (sulfide) groups is 1. The minimum Gasteiger partial charge on any atom is -0.293 e. The molecule has 2 aliphatic rings. The molecule has 0 spiro atoms. The molecule has 98 valence electrons. The highest BCUT2D eigenvalue weighted by molar-refractivity contribution is 7.99. The number of hydrogen-bond donors (Lipinski definition) is 0. The summed E-state index contributed by atoms with van der Waals surface area (Å²) in [6, 6.07) is 2.19. The number of hydrogen-bond acceptors (Lipinski definition) is 3. The predicted octanol–water partition coefficient (Wildman–Crippen LogP) is 4.34. The van der Waals surface area contributed by atoms with Gasteiger partial charge >= 0.3 is 0 Å². The Kier molecular flexibility index (Phi) is 4.10. The fourth-order valence-corrected chi connectivity index (χ4v) is 5.35. The molecule has 3 heteroatoms. The van der Waals surface area contributed by atoms with Crippen LogP contribution in [0.1, 0.15) is 52.2 Å². The zero-order chi connectivity index (χ0) is 12.4. The molecule has 1 aliphatic heterocycles. The van der Waals surface area contributed by atoms with E-state index in [4.69, 9.17) is 0 Å². The van der Waals surface area contributed by atoms with Crippen molar-refractivity contribution in [2.75, 3.05) is 11.5 Å². The van der Waals surface area contributed by atoms with Gasteiger partial charge in [-0.3, -0.25) is 4.79 Å². The van der Waals surface area contributed by atoms with E-state index in [1.54, 1.807) is 11.3 Å². The van der Waals surface area contributed by atoms with Crippen molar-refractivity contribution in [3.63, 3.8) is 0 Å². The molecule has 3 rings (SSSR count). The number of rotatable bonds is 3. The van der Waals surface area contributed by atoms with Gasteiger partial charge in [-0.25, -0.2) is 0 Å². The summed E-state index contributed by atoms with van der Waals surface area (Å²) < 4.78 is 0. The monoisotopic (exact) mass is 280 g/mol. The second kappa shape index (κ2) is 5.79. The number of fused-ring (bicyclic) bond motifs is 1. The molecule has 0 unspecified atom stereocenters. The van der Waals surface area contributed by atoms with E-state index in [9.17, 15) is 4.79 Å². The first kappa shape index (κ1) is 12.7.